The van der Waals surface area contributed by atoms with Crippen molar-refractivity contribution < 1.29 is 14.3 Å². The van der Waals surface area contributed by atoms with E-state index in [0.29, 0.717) is 5.56 Å². The molecule has 0 heterocycles. The third-order valence-electron chi connectivity index (χ3n) is 2.52. The van der Waals surface area contributed by atoms with Gasteiger partial charge < -0.3 is 10.4 Å². The number of aliphatic carboxylic acids is 1. The molecule has 4 heteroatoms. The summed E-state index contributed by atoms with van der Waals surface area (Å²) in [6.45, 7) is 1.67. The van der Waals surface area contributed by atoms with E-state index in [2.05, 4.69) is 5.32 Å². The highest BCUT2D eigenvalue weighted by Crippen LogP contribution is 2.26. The lowest BCUT2D eigenvalue weighted by Crippen LogP contribution is -2.39. The molecule has 2 N–H and O–H groups in total. The first kappa shape index (κ1) is 11.7. The Morgan fingerprint density at radius 3 is 2.60 bits per heavy atom. The summed E-state index contributed by atoms with van der Waals surface area (Å²) in [6, 6.07) is 6.19. The first-order chi connectivity index (χ1) is 6.99. The molecule has 0 aliphatic heterocycles. The van der Waals surface area contributed by atoms with Crippen molar-refractivity contribution in [2.75, 3.05) is 7.05 Å². The van der Waals surface area contributed by atoms with Crippen LogP contribution in [0, 0.1) is 5.82 Å². The van der Waals surface area contributed by atoms with Gasteiger partial charge in [0.05, 0.1) is 12.0 Å². The molecular formula is C11H14FNO2. The fourth-order valence-corrected chi connectivity index (χ4v) is 1.53. The smallest absolute Gasteiger partial charge is 0.305 e. The third-order valence-corrected chi connectivity index (χ3v) is 2.52. The van der Waals surface area contributed by atoms with E-state index in [0.717, 1.165) is 0 Å². The molecule has 0 amide bonds. The molecule has 0 saturated heterocycles. The zero-order valence-corrected chi connectivity index (χ0v) is 8.75. The van der Waals surface area contributed by atoms with Gasteiger partial charge in [-0.25, -0.2) is 4.39 Å². The predicted molar refractivity (Wildman–Crippen MR) is 55.1 cm³/mol. The number of nitrogens with one attached hydrogen (secondary N) is 1. The van der Waals surface area contributed by atoms with E-state index in [4.69, 9.17) is 5.11 Å². The number of rotatable bonds is 4. The van der Waals surface area contributed by atoms with Crippen molar-refractivity contribution in [3.63, 3.8) is 0 Å². The van der Waals surface area contributed by atoms with E-state index in [1.807, 2.05) is 0 Å². The van der Waals surface area contributed by atoms with Crippen molar-refractivity contribution in [3.05, 3.63) is 35.6 Å². The molecule has 82 valence electrons. The molecule has 0 radical (unpaired) electrons. The topological polar surface area (TPSA) is 49.3 Å². The second-order valence-electron chi connectivity index (χ2n) is 3.63. The maximum Gasteiger partial charge on any atom is 0.305 e. The van der Waals surface area contributed by atoms with Gasteiger partial charge in [0, 0.05) is 5.56 Å². The van der Waals surface area contributed by atoms with E-state index in [1.54, 1.807) is 32.2 Å². The summed E-state index contributed by atoms with van der Waals surface area (Å²) >= 11 is 0. The van der Waals surface area contributed by atoms with Gasteiger partial charge >= 0.3 is 5.97 Å². The molecule has 0 spiro atoms. The number of benzene rings is 1. The summed E-state index contributed by atoms with van der Waals surface area (Å²) in [7, 11) is 1.62. The number of hydrogen-bond acceptors (Lipinski definition) is 2. The monoisotopic (exact) mass is 211 g/mol. The molecule has 0 bridgehead atoms. The highest BCUT2D eigenvalue weighted by Gasteiger charge is 2.30. The molecular weight excluding hydrogens is 197 g/mol. The van der Waals surface area contributed by atoms with Crippen molar-refractivity contribution in [2.24, 2.45) is 0 Å². The van der Waals surface area contributed by atoms with Crippen LogP contribution < -0.4 is 5.32 Å². The molecule has 0 aliphatic carbocycles. The minimum absolute atomic E-state index is 0.162. The fourth-order valence-electron chi connectivity index (χ4n) is 1.53. The number of halogens is 1. The van der Waals surface area contributed by atoms with Gasteiger partial charge in [-0.15, -0.1) is 0 Å². The second kappa shape index (κ2) is 4.40. The van der Waals surface area contributed by atoms with Gasteiger partial charge in [0.15, 0.2) is 0 Å². The van der Waals surface area contributed by atoms with E-state index < -0.39 is 17.3 Å². The van der Waals surface area contributed by atoms with Crippen LogP contribution in [0.4, 0.5) is 4.39 Å². The van der Waals surface area contributed by atoms with Crippen LogP contribution in [0.15, 0.2) is 24.3 Å². The summed E-state index contributed by atoms with van der Waals surface area (Å²) in [5, 5.41) is 11.6. The molecule has 0 fully saturated rings. The zero-order valence-electron chi connectivity index (χ0n) is 8.75. The van der Waals surface area contributed by atoms with Crippen LogP contribution in [-0.4, -0.2) is 18.1 Å². The predicted octanol–water partition coefficient (Wildman–Crippen LogP) is 1.73. The number of hydrogen-bond donors (Lipinski definition) is 2. The molecule has 15 heavy (non-hydrogen) atoms. The van der Waals surface area contributed by atoms with E-state index in [1.165, 1.54) is 6.07 Å². The number of carboxylic acids is 1. The van der Waals surface area contributed by atoms with Crippen LogP contribution in [0.3, 0.4) is 0 Å². The highest BCUT2D eigenvalue weighted by atomic mass is 19.1. The van der Waals surface area contributed by atoms with Crippen molar-refractivity contribution >= 4 is 5.97 Å². The highest BCUT2D eigenvalue weighted by molar-refractivity contribution is 5.68. The summed E-state index contributed by atoms with van der Waals surface area (Å²) < 4.78 is 13.5. The van der Waals surface area contributed by atoms with Crippen molar-refractivity contribution in [1.82, 2.24) is 5.32 Å². The Balaban J connectivity index is 3.11. The van der Waals surface area contributed by atoms with Crippen LogP contribution in [0.25, 0.3) is 0 Å². The molecule has 1 unspecified atom stereocenters. The lowest BCUT2D eigenvalue weighted by molar-refractivity contribution is -0.138. The third kappa shape index (κ3) is 2.53. The molecule has 1 aromatic rings. The van der Waals surface area contributed by atoms with Crippen LogP contribution in [0.5, 0.6) is 0 Å². The molecule has 1 aromatic carbocycles. The molecule has 1 atom stereocenters. The van der Waals surface area contributed by atoms with Crippen LogP contribution >= 0.6 is 0 Å². The van der Waals surface area contributed by atoms with Crippen LogP contribution in [0.1, 0.15) is 18.9 Å². The van der Waals surface area contributed by atoms with E-state index in [9.17, 15) is 9.18 Å². The Morgan fingerprint density at radius 1 is 1.53 bits per heavy atom. The van der Waals surface area contributed by atoms with Gasteiger partial charge in [-0.3, -0.25) is 4.79 Å². The van der Waals surface area contributed by atoms with E-state index in [-0.39, 0.29) is 6.42 Å². The standard InChI is InChI=1S/C11H14FNO2/c1-11(13-2,7-10(14)15)8-5-3-4-6-9(8)12/h3-6,13H,7H2,1-2H3,(H,14,15). The second-order valence-corrected chi connectivity index (χ2v) is 3.63. The van der Waals surface area contributed by atoms with Crippen molar-refractivity contribution in [2.45, 2.75) is 18.9 Å². The summed E-state index contributed by atoms with van der Waals surface area (Å²) in [4.78, 5) is 10.7. The van der Waals surface area contributed by atoms with Crippen molar-refractivity contribution in [3.8, 4) is 0 Å². The minimum Gasteiger partial charge on any atom is -0.481 e. The quantitative estimate of drug-likeness (QED) is 0.797. The molecule has 0 saturated carbocycles. The van der Waals surface area contributed by atoms with Gasteiger partial charge in [-0.05, 0) is 20.0 Å². The summed E-state index contributed by atoms with van der Waals surface area (Å²) in [6.07, 6.45) is -0.162. The fraction of sp³-hybridized carbons (Fsp3) is 0.364. The van der Waals surface area contributed by atoms with Gasteiger partial charge in [0.25, 0.3) is 0 Å². The Kier molecular flexibility index (Phi) is 3.42. The van der Waals surface area contributed by atoms with E-state index >= 15 is 0 Å². The Bertz CT molecular complexity index is 367. The van der Waals surface area contributed by atoms with Gasteiger partial charge in [-0.1, -0.05) is 18.2 Å². The average molecular weight is 211 g/mol. The first-order valence-electron chi connectivity index (χ1n) is 4.65. The lowest BCUT2D eigenvalue weighted by atomic mass is 9.88. The summed E-state index contributed by atoms with van der Waals surface area (Å²) in [5.74, 6) is -1.36. The molecule has 0 aliphatic rings. The maximum absolute atomic E-state index is 13.5. The average Bonchev–Trinajstić information content (AvgIpc) is 2.17. The Hall–Kier alpha value is -1.42. The first-order valence-corrected chi connectivity index (χ1v) is 4.65. The molecule has 1 rings (SSSR count). The SMILES string of the molecule is CNC(C)(CC(=O)O)c1ccccc1F. The molecule has 3 nitrogen and oxygen atoms in total. The Labute approximate surface area is 87.9 Å². The normalized spacial score (nSPS) is 14.6. The lowest BCUT2D eigenvalue weighted by Gasteiger charge is -2.28. The minimum atomic E-state index is -0.963. The zero-order chi connectivity index (χ0) is 11.5. The largest absolute Gasteiger partial charge is 0.481 e. The maximum atomic E-state index is 13.5. The van der Waals surface area contributed by atoms with Crippen LogP contribution in [0.2, 0.25) is 0 Å². The van der Waals surface area contributed by atoms with Gasteiger partial charge in [-0.2, -0.15) is 0 Å². The van der Waals surface area contributed by atoms with Gasteiger partial charge in [0.2, 0.25) is 0 Å². The number of carboxylic acid groups (broad SMARTS) is 1. The number of carbonyl (C=O) groups is 1. The van der Waals surface area contributed by atoms with Gasteiger partial charge in [0.1, 0.15) is 5.82 Å². The Morgan fingerprint density at radius 2 is 2.13 bits per heavy atom. The van der Waals surface area contributed by atoms with Crippen molar-refractivity contribution in [1.29, 1.82) is 0 Å². The molecule has 0 aromatic heterocycles. The van der Waals surface area contributed by atoms with Crippen LogP contribution in [-0.2, 0) is 10.3 Å². The summed E-state index contributed by atoms with van der Waals surface area (Å²) in [5.41, 5.74) is -0.508.